The predicted molar refractivity (Wildman–Crippen MR) is 58.0 cm³/mol. The second kappa shape index (κ2) is 5.66. The number of hydrogen-bond acceptors (Lipinski definition) is 2. The molecule has 1 aliphatic rings. The Morgan fingerprint density at radius 2 is 2.29 bits per heavy atom. The van der Waals surface area contributed by atoms with Gasteiger partial charge < -0.3 is 9.47 Å². The quantitative estimate of drug-likeness (QED) is 0.368. The lowest BCUT2D eigenvalue weighted by Crippen LogP contribution is -1.98. The summed E-state index contributed by atoms with van der Waals surface area (Å²) in [6.45, 7) is 9.31. The maximum atomic E-state index is 5.46. The Morgan fingerprint density at radius 1 is 1.57 bits per heavy atom. The van der Waals surface area contributed by atoms with E-state index in [1.54, 1.807) is 0 Å². The Labute approximate surface area is 85.9 Å². The van der Waals surface area contributed by atoms with E-state index in [4.69, 9.17) is 9.47 Å². The van der Waals surface area contributed by atoms with Gasteiger partial charge in [-0.25, -0.2) is 0 Å². The van der Waals surface area contributed by atoms with Gasteiger partial charge in [-0.05, 0) is 25.0 Å². The first-order valence-corrected chi connectivity index (χ1v) is 5.00. The highest BCUT2D eigenvalue weighted by molar-refractivity contribution is 5.22. The van der Waals surface area contributed by atoms with Gasteiger partial charge in [0.1, 0.15) is 12.7 Å². The number of ether oxygens (including phenoxy) is 2. The molecular formula is C12H18O2. The lowest BCUT2D eigenvalue weighted by atomic mass is 10.2. The van der Waals surface area contributed by atoms with Crippen LogP contribution in [-0.4, -0.2) is 19.3 Å². The molecule has 14 heavy (non-hydrogen) atoms. The Kier molecular flexibility index (Phi) is 4.47. The fraction of sp³-hybridized carbons (Fsp3) is 0.500. The Bertz CT molecular complexity index is 247. The van der Waals surface area contributed by atoms with Gasteiger partial charge >= 0.3 is 0 Å². The second-order valence-corrected chi connectivity index (χ2v) is 3.34. The van der Waals surface area contributed by atoms with Crippen molar-refractivity contribution in [1.82, 2.24) is 0 Å². The van der Waals surface area contributed by atoms with E-state index < -0.39 is 0 Å². The van der Waals surface area contributed by atoms with Gasteiger partial charge in [-0.15, -0.1) is 0 Å². The van der Waals surface area contributed by atoms with Crippen LogP contribution in [0.2, 0.25) is 0 Å². The van der Waals surface area contributed by atoms with Crippen molar-refractivity contribution in [3.05, 3.63) is 36.1 Å². The molecule has 0 aromatic heterocycles. The second-order valence-electron chi connectivity index (χ2n) is 3.34. The van der Waals surface area contributed by atoms with Crippen molar-refractivity contribution in [1.29, 1.82) is 0 Å². The monoisotopic (exact) mass is 194 g/mol. The predicted octanol–water partition coefficient (Wildman–Crippen LogP) is 2.83. The standard InChI is InChI=1S/C12H18O2/c1-4-11(5-2)7-6-10(3)13-8-12-9-14-12/h4,6-7,12H,1,5,8-9H2,2-3H3/b10-6+,11-7+. The lowest BCUT2D eigenvalue weighted by Gasteiger charge is -2.02. The molecule has 0 aromatic carbocycles. The molecule has 0 aliphatic carbocycles. The van der Waals surface area contributed by atoms with E-state index in [-0.39, 0.29) is 0 Å². The van der Waals surface area contributed by atoms with E-state index in [9.17, 15) is 0 Å². The van der Waals surface area contributed by atoms with Gasteiger partial charge in [-0.2, -0.15) is 0 Å². The Morgan fingerprint density at radius 3 is 2.79 bits per heavy atom. The molecule has 1 heterocycles. The summed E-state index contributed by atoms with van der Waals surface area (Å²) in [5.74, 6) is 0.924. The molecule has 1 aliphatic heterocycles. The van der Waals surface area contributed by atoms with E-state index in [1.165, 1.54) is 5.57 Å². The zero-order valence-corrected chi connectivity index (χ0v) is 8.95. The molecule has 2 heteroatoms. The van der Waals surface area contributed by atoms with E-state index >= 15 is 0 Å². The maximum absolute atomic E-state index is 5.46. The van der Waals surface area contributed by atoms with Crippen LogP contribution in [-0.2, 0) is 9.47 Å². The van der Waals surface area contributed by atoms with Crippen LogP contribution in [0, 0.1) is 0 Å². The van der Waals surface area contributed by atoms with Crippen molar-refractivity contribution in [3.8, 4) is 0 Å². The van der Waals surface area contributed by atoms with Gasteiger partial charge in [0, 0.05) is 0 Å². The lowest BCUT2D eigenvalue weighted by molar-refractivity contribution is 0.185. The summed E-state index contributed by atoms with van der Waals surface area (Å²) in [6, 6.07) is 0. The van der Waals surface area contributed by atoms with Crippen LogP contribution in [0.4, 0.5) is 0 Å². The van der Waals surface area contributed by atoms with Crippen molar-refractivity contribution in [2.45, 2.75) is 26.4 Å². The van der Waals surface area contributed by atoms with Gasteiger partial charge in [0.05, 0.1) is 12.4 Å². The molecule has 0 N–H and O–H groups in total. The number of epoxide rings is 1. The molecule has 0 bridgehead atoms. The average Bonchev–Trinajstić information content (AvgIpc) is 3.00. The minimum absolute atomic E-state index is 0.326. The van der Waals surface area contributed by atoms with Crippen molar-refractivity contribution < 1.29 is 9.47 Å². The van der Waals surface area contributed by atoms with E-state index in [0.717, 1.165) is 18.8 Å². The molecule has 1 unspecified atom stereocenters. The minimum atomic E-state index is 0.326. The van der Waals surface area contributed by atoms with Gasteiger partial charge in [0.15, 0.2) is 0 Å². The molecule has 2 nitrogen and oxygen atoms in total. The van der Waals surface area contributed by atoms with Crippen LogP contribution in [0.3, 0.4) is 0 Å². The van der Waals surface area contributed by atoms with Crippen molar-refractivity contribution in [3.63, 3.8) is 0 Å². The number of rotatable bonds is 6. The third kappa shape index (κ3) is 4.28. The number of hydrogen-bond donors (Lipinski definition) is 0. The summed E-state index contributed by atoms with van der Waals surface area (Å²) in [5, 5.41) is 0. The summed E-state index contributed by atoms with van der Waals surface area (Å²) in [5.41, 5.74) is 1.22. The third-order valence-corrected chi connectivity index (χ3v) is 2.10. The summed E-state index contributed by atoms with van der Waals surface area (Å²) in [6.07, 6.45) is 7.21. The Hall–Kier alpha value is -1.02. The number of allylic oxidation sites excluding steroid dienone is 5. The van der Waals surface area contributed by atoms with Crippen molar-refractivity contribution in [2.24, 2.45) is 0 Å². The average molecular weight is 194 g/mol. The molecule has 78 valence electrons. The molecule has 1 fully saturated rings. The molecule has 0 saturated carbocycles. The highest BCUT2D eigenvalue weighted by Crippen LogP contribution is 2.11. The zero-order chi connectivity index (χ0) is 10.4. The van der Waals surface area contributed by atoms with Crippen LogP contribution in [0.15, 0.2) is 36.1 Å². The molecule has 0 spiro atoms. The molecule has 0 radical (unpaired) electrons. The topological polar surface area (TPSA) is 21.8 Å². The SMILES string of the molecule is C=C/C(=C\C=C(/C)OCC1CO1)CC. The normalized spacial score (nSPS) is 22.0. The van der Waals surface area contributed by atoms with Crippen molar-refractivity contribution >= 4 is 0 Å². The molecule has 0 aromatic rings. The van der Waals surface area contributed by atoms with Crippen LogP contribution >= 0.6 is 0 Å². The van der Waals surface area contributed by atoms with E-state index in [1.807, 2.05) is 25.2 Å². The molecule has 1 atom stereocenters. The fourth-order valence-electron chi connectivity index (χ4n) is 0.991. The zero-order valence-electron chi connectivity index (χ0n) is 8.95. The van der Waals surface area contributed by atoms with Crippen LogP contribution in [0.1, 0.15) is 20.3 Å². The minimum Gasteiger partial charge on any atom is -0.495 e. The molecule has 1 rings (SSSR count). The molecule has 0 amide bonds. The van der Waals surface area contributed by atoms with Gasteiger partial charge in [0.2, 0.25) is 0 Å². The summed E-state index contributed by atoms with van der Waals surface area (Å²) in [7, 11) is 0. The van der Waals surface area contributed by atoms with Crippen LogP contribution in [0.25, 0.3) is 0 Å². The smallest absolute Gasteiger partial charge is 0.116 e. The Balaban J connectivity index is 2.32. The highest BCUT2D eigenvalue weighted by Gasteiger charge is 2.22. The first-order chi connectivity index (χ1) is 6.76. The van der Waals surface area contributed by atoms with E-state index in [0.29, 0.717) is 12.7 Å². The van der Waals surface area contributed by atoms with Gasteiger partial charge in [-0.3, -0.25) is 0 Å². The van der Waals surface area contributed by atoms with Gasteiger partial charge in [-0.1, -0.05) is 25.7 Å². The van der Waals surface area contributed by atoms with Crippen molar-refractivity contribution in [2.75, 3.05) is 13.2 Å². The van der Waals surface area contributed by atoms with Gasteiger partial charge in [0.25, 0.3) is 0 Å². The van der Waals surface area contributed by atoms with Crippen LogP contribution in [0.5, 0.6) is 0 Å². The maximum Gasteiger partial charge on any atom is 0.116 e. The summed E-state index contributed by atoms with van der Waals surface area (Å²) >= 11 is 0. The van der Waals surface area contributed by atoms with Crippen LogP contribution < -0.4 is 0 Å². The fourth-order valence-corrected chi connectivity index (χ4v) is 0.991. The van der Waals surface area contributed by atoms with E-state index in [2.05, 4.69) is 13.5 Å². The largest absolute Gasteiger partial charge is 0.495 e. The first-order valence-electron chi connectivity index (χ1n) is 5.00. The summed E-state index contributed by atoms with van der Waals surface area (Å²) < 4.78 is 10.5. The molecule has 1 saturated heterocycles. The molecular weight excluding hydrogens is 176 g/mol. The summed E-state index contributed by atoms with van der Waals surface area (Å²) in [4.78, 5) is 0. The first kappa shape index (κ1) is 11.1. The third-order valence-electron chi connectivity index (χ3n) is 2.10. The highest BCUT2D eigenvalue weighted by atomic mass is 16.6.